The summed E-state index contributed by atoms with van der Waals surface area (Å²) in [5.41, 5.74) is 0.581. The number of hydrogen-bond donors (Lipinski definition) is 1. The van der Waals surface area contributed by atoms with Crippen molar-refractivity contribution in [3.8, 4) is 0 Å². The number of nitrogens with zero attached hydrogens (tertiary/aromatic N) is 1. The molecule has 0 fully saturated rings. The van der Waals surface area contributed by atoms with Crippen molar-refractivity contribution in [2.24, 2.45) is 0 Å². The largest absolute Gasteiger partial charge is 0.478 e. The molecule has 0 spiro atoms. The van der Waals surface area contributed by atoms with E-state index in [1.165, 1.54) is 12.1 Å². The van der Waals surface area contributed by atoms with E-state index in [4.69, 9.17) is 28.7 Å². The fourth-order valence-electron chi connectivity index (χ4n) is 0.744. The van der Waals surface area contributed by atoms with Gasteiger partial charge in [0.25, 0.3) is 0 Å². The second-order valence-corrected chi connectivity index (χ2v) is 2.94. The molecule has 0 aliphatic rings. The van der Waals surface area contributed by atoms with Crippen LogP contribution < -0.4 is 3.94 Å². The van der Waals surface area contributed by atoms with Crippen LogP contribution in [0.4, 0.5) is 5.69 Å². The molecular weight excluding hydrogens is 201 g/mol. The van der Waals surface area contributed by atoms with Crippen LogP contribution in [0.2, 0.25) is 0 Å². The Morgan fingerprint density at radius 1 is 1.42 bits per heavy atom. The monoisotopic (exact) mass is 205 g/mol. The van der Waals surface area contributed by atoms with Gasteiger partial charge in [-0.1, -0.05) is 6.07 Å². The summed E-state index contributed by atoms with van der Waals surface area (Å²) in [5.74, 6) is -1.01. The third-order valence-electron chi connectivity index (χ3n) is 1.29. The highest BCUT2D eigenvalue weighted by atomic mass is 35.5. The van der Waals surface area contributed by atoms with Crippen LogP contribution in [-0.2, 0) is 0 Å². The van der Waals surface area contributed by atoms with E-state index in [1.54, 1.807) is 12.1 Å². The Balaban J connectivity index is 3.04. The minimum atomic E-state index is -1.01. The molecule has 0 amide bonds. The Morgan fingerprint density at radius 2 is 2.08 bits per heavy atom. The number of anilines is 1. The van der Waals surface area contributed by atoms with E-state index in [9.17, 15) is 4.79 Å². The van der Waals surface area contributed by atoms with Gasteiger partial charge in [-0.05, 0) is 18.2 Å². The van der Waals surface area contributed by atoms with Gasteiger partial charge in [0.2, 0.25) is 0 Å². The predicted molar refractivity (Wildman–Crippen MR) is 47.6 cm³/mol. The van der Waals surface area contributed by atoms with Crippen LogP contribution in [0.15, 0.2) is 24.3 Å². The van der Waals surface area contributed by atoms with E-state index in [1.807, 2.05) is 0 Å². The van der Waals surface area contributed by atoms with E-state index in [0.29, 0.717) is 5.69 Å². The summed E-state index contributed by atoms with van der Waals surface area (Å²) >= 11 is 10.8. The molecule has 1 rings (SSSR count). The summed E-state index contributed by atoms with van der Waals surface area (Å²) in [4.78, 5) is 10.5. The fraction of sp³-hybridized carbons (Fsp3) is 0. The number of hydrogen-bond acceptors (Lipinski definition) is 2. The first kappa shape index (κ1) is 9.16. The van der Waals surface area contributed by atoms with Crippen LogP contribution in [0, 0.1) is 0 Å². The summed E-state index contributed by atoms with van der Waals surface area (Å²) in [5, 5.41) is 8.59. The molecular formula is C7H5Cl2NO2. The number of rotatable bonds is 2. The number of carbonyl (C=O) groups is 1. The second kappa shape index (κ2) is 3.65. The molecule has 64 valence electrons. The quantitative estimate of drug-likeness (QED) is 0.755. The van der Waals surface area contributed by atoms with E-state index >= 15 is 0 Å². The Bertz CT molecular complexity index is 301. The standard InChI is InChI=1S/C7H5Cl2NO2/c8-10(9)6-3-1-2-5(4-6)7(11)12/h1-4H,(H,11,12). The van der Waals surface area contributed by atoms with Crippen molar-refractivity contribution in [2.75, 3.05) is 3.94 Å². The maximum Gasteiger partial charge on any atom is 0.335 e. The van der Waals surface area contributed by atoms with E-state index < -0.39 is 5.97 Å². The lowest BCUT2D eigenvalue weighted by Gasteiger charge is -2.05. The summed E-state index contributed by atoms with van der Waals surface area (Å²) in [6.45, 7) is 0. The number of aromatic carboxylic acids is 1. The smallest absolute Gasteiger partial charge is 0.335 e. The van der Waals surface area contributed by atoms with Gasteiger partial charge < -0.3 is 5.11 Å². The molecule has 0 aliphatic heterocycles. The maximum atomic E-state index is 10.5. The highest BCUT2D eigenvalue weighted by Crippen LogP contribution is 2.19. The van der Waals surface area contributed by atoms with E-state index in [2.05, 4.69) is 0 Å². The van der Waals surface area contributed by atoms with Crippen molar-refractivity contribution < 1.29 is 9.90 Å². The molecule has 0 aromatic heterocycles. The Labute approximate surface area is 79.3 Å². The van der Waals surface area contributed by atoms with Crippen LogP contribution in [-0.4, -0.2) is 11.1 Å². The van der Waals surface area contributed by atoms with Crippen LogP contribution in [0.25, 0.3) is 0 Å². The summed E-state index contributed by atoms with van der Waals surface area (Å²) in [6, 6.07) is 6.01. The minimum absolute atomic E-state index is 0.152. The van der Waals surface area contributed by atoms with Gasteiger partial charge in [0.1, 0.15) is 0 Å². The zero-order valence-corrected chi connectivity index (χ0v) is 7.38. The molecule has 0 radical (unpaired) electrons. The van der Waals surface area contributed by atoms with Crippen LogP contribution >= 0.6 is 23.6 Å². The van der Waals surface area contributed by atoms with E-state index in [0.717, 1.165) is 3.94 Å². The Kier molecular flexibility index (Phi) is 2.78. The van der Waals surface area contributed by atoms with Gasteiger partial charge in [-0.25, -0.2) is 4.79 Å². The topological polar surface area (TPSA) is 40.5 Å². The molecule has 0 unspecified atom stereocenters. The first-order valence-corrected chi connectivity index (χ1v) is 3.74. The summed E-state index contributed by atoms with van der Waals surface area (Å²) in [7, 11) is 0. The molecule has 1 aromatic carbocycles. The first-order valence-electron chi connectivity index (χ1n) is 3.06. The second-order valence-electron chi connectivity index (χ2n) is 2.09. The van der Waals surface area contributed by atoms with Crippen molar-refractivity contribution in [3.05, 3.63) is 29.8 Å². The molecule has 12 heavy (non-hydrogen) atoms. The highest BCUT2D eigenvalue weighted by molar-refractivity contribution is 6.49. The summed E-state index contributed by atoms with van der Waals surface area (Å²) < 4.78 is 0.812. The lowest BCUT2D eigenvalue weighted by molar-refractivity contribution is 0.0697. The third kappa shape index (κ3) is 2.03. The molecule has 0 atom stereocenters. The van der Waals surface area contributed by atoms with Crippen molar-refractivity contribution in [2.45, 2.75) is 0 Å². The van der Waals surface area contributed by atoms with Crippen LogP contribution in [0.1, 0.15) is 10.4 Å². The zero-order chi connectivity index (χ0) is 9.14. The van der Waals surface area contributed by atoms with E-state index in [-0.39, 0.29) is 5.56 Å². The number of carboxylic acids is 1. The van der Waals surface area contributed by atoms with Gasteiger partial charge in [-0.15, -0.1) is 0 Å². The number of carboxylic acid groups (broad SMARTS) is 1. The zero-order valence-electron chi connectivity index (χ0n) is 5.87. The molecule has 5 heteroatoms. The molecule has 0 heterocycles. The van der Waals surface area contributed by atoms with Gasteiger partial charge >= 0.3 is 5.97 Å². The van der Waals surface area contributed by atoms with Gasteiger partial charge in [-0.3, -0.25) is 0 Å². The molecule has 3 nitrogen and oxygen atoms in total. The Morgan fingerprint density at radius 3 is 2.58 bits per heavy atom. The van der Waals surface area contributed by atoms with Crippen LogP contribution in [0.5, 0.6) is 0 Å². The molecule has 1 N–H and O–H groups in total. The predicted octanol–water partition coefficient (Wildman–Crippen LogP) is 2.50. The minimum Gasteiger partial charge on any atom is -0.478 e. The highest BCUT2D eigenvalue weighted by Gasteiger charge is 2.05. The molecule has 0 aliphatic carbocycles. The van der Waals surface area contributed by atoms with Crippen LogP contribution in [0.3, 0.4) is 0 Å². The van der Waals surface area contributed by atoms with Crippen molar-refractivity contribution in [1.82, 2.24) is 0 Å². The lowest BCUT2D eigenvalue weighted by Crippen LogP contribution is -1.98. The lowest BCUT2D eigenvalue weighted by atomic mass is 10.2. The SMILES string of the molecule is O=C(O)c1cccc(N(Cl)Cl)c1. The summed E-state index contributed by atoms with van der Waals surface area (Å²) in [6.07, 6.45) is 0. The number of halogens is 2. The number of benzene rings is 1. The normalized spacial score (nSPS) is 9.50. The van der Waals surface area contributed by atoms with Crippen molar-refractivity contribution >= 4 is 35.2 Å². The molecule has 0 saturated carbocycles. The van der Waals surface area contributed by atoms with Gasteiger partial charge in [0.05, 0.1) is 11.3 Å². The average molecular weight is 206 g/mol. The average Bonchev–Trinajstić information content (AvgIpc) is 2.04. The molecule has 1 aromatic rings. The maximum absolute atomic E-state index is 10.5. The van der Waals surface area contributed by atoms with Gasteiger partial charge in [0.15, 0.2) is 0 Å². The van der Waals surface area contributed by atoms with Gasteiger partial charge in [-0.2, -0.15) is 3.94 Å². The fourth-order valence-corrected chi connectivity index (χ4v) is 0.954. The molecule has 0 saturated heterocycles. The molecule has 0 bridgehead atoms. The van der Waals surface area contributed by atoms with Crippen molar-refractivity contribution in [1.29, 1.82) is 0 Å². The first-order chi connectivity index (χ1) is 5.61. The van der Waals surface area contributed by atoms with Crippen molar-refractivity contribution in [3.63, 3.8) is 0 Å². The van der Waals surface area contributed by atoms with Gasteiger partial charge in [0, 0.05) is 23.6 Å². The third-order valence-corrected chi connectivity index (χ3v) is 1.68. The Hall–Kier alpha value is -0.930.